The molecule has 2 aromatic rings. The molecule has 11 heteroatoms. The van der Waals surface area contributed by atoms with Crippen molar-refractivity contribution in [2.75, 3.05) is 24.5 Å². The standard InChI is InChI=1S/C18H23F3N6S.HI/c1-2-22-17(24-11-16-26-14(12-28-16)18(19,20)21)25-13-6-9-27(10-7-13)15-5-3-4-8-23-15;/h3-5,8,12-13H,2,6-7,9-11H2,1H3,(H2,22,24,25);1H. The van der Waals surface area contributed by atoms with E-state index in [4.69, 9.17) is 0 Å². The lowest BCUT2D eigenvalue weighted by Crippen LogP contribution is -2.48. The average molecular weight is 540 g/mol. The Kier molecular flexibility index (Phi) is 8.93. The van der Waals surface area contributed by atoms with Crippen molar-refractivity contribution >= 4 is 47.1 Å². The average Bonchev–Trinajstić information content (AvgIpc) is 3.17. The minimum Gasteiger partial charge on any atom is -0.357 e. The molecule has 6 nitrogen and oxygen atoms in total. The maximum Gasteiger partial charge on any atom is 0.434 e. The number of nitrogens with zero attached hydrogens (tertiary/aromatic N) is 4. The van der Waals surface area contributed by atoms with Gasteiger partial charge in [-0.2, -0.15) is 13.2 Å². The molecule has 3 heterocycles. The van der Waals surface area contributed by atoms with Gasteiger partial charge in [0.15, 0.2) is 11.7 Å². The summed E-state index contributed by atoms with van der Waals surface area (Å²) >= 11 is 0.973. The number of alkyl halides is 3. The number of hydrogen-bond acceptors (Lipinski definition) is 5. The monoisotopic (exact) mass is 540 g/mol. The van der Waals surface area contributed by atoms with Gasteiger partial charge >= 0.3 is 6.18 Å². The molecule has 1 fully saturated rings. The molecule has 0 bridgehead atoms. The summed E-state index contributed by atoms with van der Waals surface area (Å²) in [5.74, 6) is 1.58. The van der Waals surface area contributed by atoms with Crippen molar-refractivity contribution in [2.24, 2.45) is 4.99 Å². The second kappa shape index (κ2) is 11.0. The third-order valence-electron chi connectivity index (χ3n) is 4.37. The summed E-state index contributed by atoms with van der Waals surface area (Å²) in [4.78, 5) is 14.7. The van der Waals surface area contributed by atoms with Gasteiger partial charge in [-0.15, -0.1) is 35.3 Å². The first-order chi connectivity index (χ1) is 13.5. The summed E-state index contributed by atoms with van der Waals surface area (Å²) in [6.45, 7) is 4.50. The summed E-state index contributed by atoms with van der Waals surface area (Å²) in [5.41, 5.74) is -0.859. The molecule has 0 radical (unpaired) electrons. The van der Waals surface area contributed by atoms with E-state index in [2.05, 4.69) is 30.5 Å². The molecule has 0 amide bonds. The predicted molar refractivity (Wildman–Crippen MR) is 120 cm³/mol. The number of aromatic nitrogens is 2. The maximum absolute atomic E-state index is 12.7. The number of pyridine rings is 1. The maximum atomic E-state index is 12.7. The summed E-state index contributed by atoms with van der Waals surface area (Å²) < 4.78 is 38.0. The number of aliphatic imine (C=N–C) groups is 1. The normalized spacial score (nSPS) is 15.7. The van der Waals surface area contributed by atoms with Crippen molar-refractivity contribution < 1.29 is 13.2 Å². The largest absolute Gasteiger partial charge is 0.434 e. The third-order valence-corrected chi connectivity index (χ3v) is 5.20. The molecule has 29 heavy (non-hydrogen) atoms. The Morgan fingerprint density at radius 2 is 2.07 bits per heavy atom. The van der Waals surface area contributed by atoms with E-state index in [1.165, 1.54) is 0 Å². The van der Waals surface area contributed by atoms with E-state index in [0.717, 1.165) is 48.5 Å². The molecule has 1 saturated heterocycles. The number of hydrogen-bond donors (Lipinski definition) is 2. The van der Waals surface area contributed by atoms with Crippen LogP contribution in [0.4, 0.5) is 19.0 Å². The zero-order valence-electron chi connectivity index (χ0n) is 15.9. The first kappa shape index (κ1) is 23.6. The topological polar surface area (TPSA) is 65.4 Å². The molecule has 2 aromatic heterocycles. The van der Waals surface area contributed by atoms with Gasteiger partial charge in [0, 0.05) is 37.3 Å². The fourth-order valence-corrected chi connectivity index (χ4v) is 3.69. The number of thiazole rings is 1. The molecule has 160 valence electrons. The summed E-state index contributed by atoms with van der Waals surface area (Å²) in [5, 5.41) is 7.90. The second-order valence-electron chi connectivity index (χ2n) is 6.41. The molecule has 0 spiro atoms. The number of piperidine rings is 1. The van der Waals surface area contributed by atoms with Gasteiger partial charge in [-0.05, 0) is 31.9 Å². The quantitative estimate of drug-likeness (QED) is 0.342. The molecule has 1 aliphatic heterocycles. The number of nitrogens with one attached hydrogen (secondary N) is 2. The van der Waals surface area contributed by atoms with Crippen LogP contribution in [0, 0.1) is 0 Å². The van der Waals surface area contributed by atoms with E-state index in [0.29, 0.717) is 17.5 Å². The molecule has 0 aliphatic carbocycles. The molecule has 0 saturated carbocycles. The van der Waals surface area contributed by atoms with Crippen LogP contribution in [0.2, 0.25) is 0 Å². The lowest BCUT2D eigenvalue weighted by Gasteiger charge is -2.33. The zero-order chi connectivity index (χ0) is 20.0. The first-order valence-electron chi connectivity index (χ1n) is 9.18. The van der Waals surface area contributed by atoms with E-state index in [9.17, 15) is 13.2 Å². The molecule has 0 aromatic carbocycles. The fourth-order valence-electron chi connectivity index (χ4n) is 2.97. The molecular formula is C18H24F3IN6S. The Balaban J connectivity index is 0.00000300. The van der Waals surface area contributed by atoms with Crippen molar-refractivity contribution in [3.63, 3.8) is 0 Å². The van der Waals surface area contributed by atoms with E-state index < -0.39 is 11.9 Å². The van der Waals surface area contributed by atoms with Crippen LogP contribution in [0.25, 0.3) is 0 Å². The summed E-state index contributed by atoms with van der Waals surface area (Å²) in [7, 11) is 0. The fraction of sp³-hybridized carbons (Fsp3) is 0.500. The number of halogens is 4. The van der Waals surface area contributed by atoms with Gasteiger partial charge in [0.2, 0.25) is 0 Å². The third kappa shape index (κ3) is 6.98. The molecule has 2 N–H and O–H groups in total. The summed E-state index contributed by atoms with van der Waals surface area (Å²) in [6, 6.07) is 6.13. The van der Waals surface area contributed by atoms with Crippen molar-refractivity contribution in [2.45, 2.75) is 38.5 Å². The van der Waals surface area contributed by atoms with Crippen LogP contribution in [0.3, 0.4) is 0 Å². The molecular weight excluding hydrogens is 516 g/mol. The summed E-state index contributed by atoms with van der Waals surface area (Å²) in [6.07, 6.45) is -0.770. The predicted octanol–water partition coefficient (Wildman–Crippen LogP) is 3.90. The van der Waals surface area contributed by atoms with Crippen molar-refractivity contribution in [1.29, 1.82) is 0 Å². The SMILES string of the molecule is CCNC(=NCc1nc(C(F)(F)F)cs1)NC1CCN(c2ccccn2)CC1.I. The molecule has 0 atom stereocenters. The van der Waals surface area contributed by atoms with Crippen LogP contribution in [0.15, 0.2) is 34.8 Å². The molecule has 0 unspecified atom stereocenters. The van der Waals surface area contributed by atoms with Crippen LogP contribution >= 0.6 is 35.3 Å². The van der Waals surface area contributed by atoms with Crippen molar-refractivity contribution in [3.05, 3.63) is 40.5 Å². The van der Waals surface area contributed by atoms with Crippen LogP contribution in [-0.4, -0.2) is 41.6 Å². The van der Waals surface area contributed by atoms with Gasteiger partial charge < -0.3 is 15.5 Å². The van der Waals surface area contributed by atoms with Crippen LogP contribution < -0.4 is 15.5 Å². The minimum atomic E-state index is -4.41. The van der Waals surface area contributed by atoms with Gasteiger partial charge in [-0.25, -0.2) is 15.0 Å². The Bertz CT molecular complexity index is 775. The van der Waals surface area contributed by atoms with E-state index in [-0.39, 0.29) is 36.6 Å². The Morgan fingerprint density at radius 1 is 1.31 bits per heavy atom. The highest BCUT2D eigenvalue weighted by Crippen LogP contribution is 2.30. The van der Waals surface area contributed by atoms with Crippen LogP contribution in [0.1, 0.15) is 30.5 Å². The Morgan fingerprint density at radius 3 is 2.66 bits per heavy atom. The number of guanidine groups is 1. The smallest absolute Gasteiger partial charge is 0.357 e. The second-order valence-corrected chi connectivity index (χ2v) is 7.36. The highest BCUT2D eigenvalue weighted by Gasteiger charge is 2.33. The Hall–Kier alpha value is -1.63. The first-order valence-corrected chi connectivity index (χ1v) is 10.1. The highest BCUT2D eigenvalue weighted by atomic mass is 127. The van der Waals surface area contributed by atoms with Gasteiger partial charge in [0.05, 0.1) is 6.54 Å². The van der Waals surface area contributed by atoms with E-state index in [1.54, 1.807) is 6.20 Å². The van der Waals surface area contributed by atoms with Crippen molar-refractivity contribution in [1.82, 2.24) is 20.6 Å². The molecule has 1 aliphatic rings. The molecule has 3 rings (SSSR count). The highest BCUT2D eigenvalue weighted by molar-refractivity contribution is 14.0. The van der Waals surface area contributed by atoms with Gasteiger partial charge in [0.25, 0.3) is 0 Å². The van der Waals surface area contributed by atoms with Crippen molar-refractivity contribution in [3.8, 4) is 0 Å². The van der Waals surface area contributed by atoms with Gasteiger partial charge in [0.1, 0.15) is 10.8 Å². The minimum absolute atomic E-state index is 0. The van der Waals surface area contributed by atoms with E-state index >= 15 is 0 Å². The van der Waals surface area contributed by atoms with Gasteiger partial charge in [-0.3, -0.25) is 0 Å². The lowest BCUT2D eigenvalue weighted by molar-refractivity contribution is -0.140. The van der Waals surface area contributed by atoms with Crippen LogP contribution in [0.5, 0.6) is 0 Å². The lowest BCUT2D eigenvalue weighted by atomic mass is 10.1. The number of anilines is 1. The van der Waals surface area contributed by atoms with E-state index in [1.807, 2.05) is 25.1 Å². The van der Waals surface area contributed by atoms with Crippen LogP contribution in [-0.2, 0) is 12.7 Å². The zero-order valence-corrected chi connectivity index (χ0v) is 19.1. The Labute approximate surface area is 189 Å². The van der Waals surface area contributed by atoms with Gasteiger partial charge in [-0.1, -0.05) is 6.07 Å². The number of rotatable bonds is 5.